The molecule has 1 aliphatic rings. The topological polar surface area (TPSA) is 25.4 Å². The number of aromatic nitrogens is 1. The average molecular weight is 255 g/mol. The molecule has 1 aliphatic carbocycles. The second kappa shape index (κ2) is 6.22. The predicted octanol–water partition coefficient (Wildman–Crippen LogP) is 2.68. The second-order valence-corrected chi connectivity index (χ2v) is 4.79. The van der Waals surface area contributed by atoms with E-state index in [0.717, 1.165) is 18.8 Å². The summed E-state index contributed by atoms with van der Waals surface area (Å²) in [7, 11) is 1.65. The van der Waals surface area contributed by atoms with Crippen molar-refractivity contribution in [2.75, 3.05) is 19.5 Å². The standard InChI is InChI=1S/C13H19ClN2O/c1-17-13-7-2-4-11(15-13)10-16(9-8-14)12-5-3-6-12/h2,4,7,12H,3,5-6,8-10H2,1H3. The summed E-state index contributed by atoms with van der Waals surface area (Å²) in [6.45, 7) is 1.81. The molecule has 0 bridgehead atoms. The molecule has 94 valence electrons. The number of methoxy groups -OCH3 is 1. The van der Waals surface area contributed by atoms with E-state index in [9.17, 15) is 0 Å². The Morgan fingerprint density at radius 1 is 1.47 bits per heavy atom. The number of hydrogen-bond donors (Lipinski definition) is 0. The van der Waals surface area contributed by atoms with E-state index in [4.69, 9.17) is 16.3 Å². The molecule has 1 saturated carbocycles. The van der Waals surface area contributed by atoms with Crippen molar-refractivity contribution in [3.05, 3.63) is 23.9 Å². The normalized spacial score (nSPS) is 15.9. The van der Waals surface area contributed by atoms with Gasteiger partial charge in [0.05, 0.1) is 12.8 Å². The molecule has 0 aromatic carbocycles. The zero-order valence-electron chi connectivity index (χ0n) is 10.2. The van der Waals surface area contributed by atoms with Crippen molar-refractivity contribution in [2.24, 2.45) is 0 Å². The van der Waals surface area contributed by atoms with Gasteiger partial charge in [0.15, 0.2) is 0 Å². The van der Waals surface area contributed by atoms with Crippen LogP contribution in [0.25, 0.3) is 0 Å². The Kier molecular flexibility index (Phi) is 4.63. The molecule has 0 atom stereocenters. The Bertz CT molecular complexity index is 355. The van der Waals surface area contributed by atoms with Gasteiger partial charge in [-0.25, -0.2) is 4.98 Å². The van der Waals surface area contributed by atoms with Crippen molar-refractivity contribution in [3.8, 4) is 5.88 Å². The molecule has 0 amide bonds. The average Bonchev–Trinajstić information content (AvgIpc) is 2.27. The Morgan fingerprint density at radius 2 is 2.29 bits per heavy atom. The van der Waals surface area contributed by atoms with E-state index in [2.05, 4.69) is 9.88 Å². The zero-order chi connectivity index (χ0) is 12.1. The van der Waals surface area contributed by atoms with E-state index in [1.165, 1.54) is 19.3 Å². The molecule has 1 aromatic heterocycles. The minimum atomic E-state index is 0.681. The van der Waals surface area contributed by atoms with Crippen LogP contribution in [0.1, 0.15) is 25.0 Å². The van der Waals surface area contributed by atoms with Crippen LogP contribution in [0.5, 0.6) is 5.88 Å². The van der Waals surface area contributed by atoms with Crippen LogP contribution in [0.2, 0.25) is 0 Å². The van der Waals surface area contributed by atoms with Crippen molar-refractivity contribution in [1.82, 2.24) is 9.88 Å². The van der Waals surface area contributed by atoms with Crippen LogP contribution < -0.4 is 4.74 Å². The Hall–Kier alpha value is -0.800. The molecule has 3 nitrogen and oxygen atoms in total. The van der Waals surface area contributed by atoms with Gasteiger partial charge in [-0.15, -0.1) is 11.6 Å². The lowest BCUT2D eigenvalue weighted by Crippen LogP contribution is -2.40. The first-order valence-electron chi connectivity index (χ1n) is 6.13. The van der Waals surface area contributed by atoms with Gasteiger partial charge < -0.3 is 4.74 Å². The molecule has 1 fully saturated rings. The first kappa shape index (κ1) is 12.7. The number of pyridine rings is 1. The van der Waals surface area contributed by atoms with Crippen LogP contribution in [-0.4, -0.2) is 35.5 Å². The van der Waals surface area contributed by atoms with Crippen molar-refractivity contribution < 1.29 is 4.74 Å². The van der Waals surface area contributed by atoms with Crippen LogP contribution in [0.15, 0.2) is 18.2 Å². The number of alkyl halides is 1. The van der Waals surface area contributed by atoms with Gasteiger partial charge in [0.2, 0.25) is 5.88 Å². The van der Waals surface area contributed by atoms with Gasteiger partial charge in [0.1, 0.15) is 0 Å². The second-order valence-electron chi connectivity index (χ2n) is 4.42. The molecular weight excluding hydrogens is 236 g/mol. The monoisotopic (exact) mass is 254 g/mol. The van der Waals surface area contributed by atoms with Gasteiger partial charge >= 0.3 is 0 Å². The SMILES string of the molecule is COc1cccc(CN(CCCl)C2CCC2)n1. The highest BCUT2D eigenvalue weighted by molar-refractivity contribution is 6.18. The number of rotatable bonds is 6. The molecule has 0 unspecified atom stereocenters. The molecule has 4 heteroatoms. The fourth-order valence-corrected chi connectivity index (χ4v) is 2.34. The molecule has 0 aliphatic heterocycles. The van der Waals surface area contributed by atoms with Crippen molar-refractivity contribution >= 4 is 11.6 Å². The molecule has 2 rings (SSSR count). The lowest BCUT2D eigenvalue weighted by molar-refractivity contribution is 0.125. The maximum atomic E-state index is 5.86. The number of hydrogen-bond acceptors (Lipinski definition) is 3. The van der Waals surface area contributed by atoms with Gasteiger partial charge in [-0.3, -0.25) is 4.90 Å². The third-order valence-corrected chi connectivity index (χ3v) is 3.49. The summed E-state index contributed by atoms with van der Waals surface area (Å²) < 4.78 is 5.14. The van der Waals surface area contributed by atoms with Crippen LogP contribution >= 0.6 is 11.6 Å². The van der Waals surface area contributed by atoms with Gasteiger partial charge in [0.25, 0.3) is 0 Å². The van der Waals surface area contributed by atoms with Gasteiger partial charge in [-0.05, 0) is 18.9 Å². The highest BCUT2D eigenvalue weighted by atomic mass is 35.5. The molecule has 1 aromatic rings. The smallest absolute Gasteiger partial charge is 0.213 e. The third-order valence-electron chi connectivity index (χ3n) is 3.32. The molecule has 0 radical (unpaired) electrons. The lowest BCUT2D eigenvalue weighted by atomic mass is 9.91. The first-order chi connectivity index (χ1) is 8.33. The van der Waals surface area contributed by atoms with E-state index < -0.39 is 0 Å². The summed E-state index contributed by atoms with van der Waals surface area (Å²) in [6, 6.07) is 6.60. The van der Waals surface area contributed by atoms with Crippen LogP contribution in [0.4, 0.5) is 0 Å². The molecular formula is C13H19ClN2O. The number of ether oxygens (including phenoxy) is 1. The minimum Gasteiger partial charge on any atom is -0.481 e. The maximum Gasteiger partial charge on any atom is 0.213 e. The highest BCUT2D eigenvalue weighted by Crippen LogP contribution is 2.26. The minimum absolute atomic E-state index is 0.681. The zero-order valence-corrected chi connectivity index (χ0v) is 11.0. The fraction of sp³-hybridized carbons (Fsp3) is 0.615. The van der Waals surface area contributed by atoms with Crippen LogP contribution in [0.3, 0.4) is 0 Å². The van der Waals surface area contributed by atoms with Crippen molar-refractivity contribution in [1.29, 1.82) is 0 Å². The fourth-order valence-electron chi connectivity index (χ4n) is 2.12. The maximum absolute atomic E-state index is 5.86. The highest BCUT2D eigenvalue weighted by Gasteiger charge is 2.24. The third kappa shape index (κ3) is 3.33. The Balaban J connectivity index is 2.00. The van der Waals surface area contributed by atoms with E-state index in [1.807, 2.05) is 18.2 Å². The summed E-state index contributed by atoms with van der Waals surface area (Å²) in [5.41, 5.74) is 1.06. The van der Waals surface area contributed by atoms with Crippen molar-refractivity contribution in [3.63, 3.8) is 0 Å². The molecule has 0 saturated heterocycles. The quantitative estimate of drug-likeness (QED) is 0.730. The number of halogens is 1. The summed E-state index contributed by atoms with van der Waals surface area (Å²) in [4.78, 5) is 6.88. The predicted molar refractivity (Wildman–Crippen MR) is 69.6 cm³/mol. The molecule has 0 N–H and O–H groups in total. The first-order valence-corrected chi connectivity index (χ1v) is 6.67. The summed E-state index contributed by atoms with van der Waals surface area (Å²) >= 11 is 5.86. The summed E-state index contributed by atoms with van der Waals surface area (Å²) in [5.74, 6) is 1.36. The van der Waals surface area contributed by atoms with E-state index in [1.54, 1.807) is 7.11 Å². The Morgan fingerprint density at radius 3 is 2.88 bits per heavy atom. The van der Waals surface area contributed by atoms with Gasteiger partial charge in [-0.2, -0.15) is 0 Å². The largest absolute Gasteiger partial charge is 0.481 e. The van der Waals surface area contributed by atoms with Crippen molar-refractivity contribution in [2.45, 2.75) is 31.8 Å². The summed E-state index contributed by atoms with van der Waals surface area (Å²) in [5, 5.41) is 0. The van der Waals surface area contributed by atoms with E-state index in [0.29, 0.717) is 17.8 Å². The molecule has 1 heterocycles. The Labute approximate surface area is 108 Å². The van der Waals surface area contributed by atoms with Crippen LogP contribution in [0, 0.1) is 0 Å². The molecule has 0 spiro atoms. The summed E-state index contributed by atoms with van der Waals surface area (Å²) in [6.07, 6.45) is 3.93. The van der Waals surface area contributed by atoms with E-state index >= 15 is 0 Å². The van der Waals surface area contributed by atoms with Gasteiger partial charge in [-0.1, -0.05) is 12.5 Å². The van der Waals surface area contributed by atoms with Gasteiger partial charge in [0, 0.05) is 31.1 Å². The van der Waals surface area contributed by atoms with Crippen LogP contribution in [-0.2, 0) is 6.54 Å². The van der Waals surface area contributed by atoms with E-state index in [-0.39, 0.29) is 0 Å². The molecule has 17 heavy (non-hydrogen) atoms. The number of nitrogens with zero attached hydrogens (tertiary/aromatic N) is 2. The lowest BCUT2D eigenvalue weighted by Gasteiger charge is -2.37.